The van der Waals surface area contributed by atoms with Crippen LogP contribution in [-0.2, 0) is 19.9 Å². The van der Waals surface area contributed by atoms with Crippen molar-refractivity contribution in [3.8, 4) is 6.07 Å². The SMILES string of the molecule is Cc1nn(C)c(C(=O)Nc2sc3c(c2C#N)CC[C@H](C)C3)c1[N+](=O)[O-]. The number of hydrogen-bond donors (Lipinski definition) is 1. The van der Waals surface area contributed by atoms with Gasteiger partial charge in [-0.05, 0) is 37.7 Å². The molecule has 25 heavy (non-hydrogen) atoms. The van der Waals surface area contributed by atoms with Crippen LogP contribution in [0.3, 0.4) is 0 Å². The highest BCUT2D eigenvalue weighted by atomic mass is 32.1. The van der Waals surface area contributed by atoms with Crippen molar-refractivity contribution in [1.82, 2.24) is 9.78 Å². The molecule has 0 fully saturated rings. The van der Waals surface area contributed by atoms with Gasteiger partial charge in [-0.1, -0.05) is 6.92 Å². The monoisotopic (exact) mass is 359 g/mol. The number of fused-ring (bicyclic) bond motifs is 1. The molecule has 1 aliphatic carbocycles. The Hall–Kier alpha value is -2.73. The standard InChI is InChI=1S/C16H17N5O3S/c1-8-4-5-10-11(7-17)16(25-12(10)6-8)18-15(22)14-13(21(23)24)9(2)19-20(14)3/h8H,4-6H2,1-3H3,(H,18,22)/t8-/m0/s1. The molecule has 1 N–H and O–H groups in total. The highest BCUT2D eigenvalue weighted by molar-refractivity contribution is 7.16. The van der Waals surface area contributed by atoms with Gasteiger partial charge in [-0.25, -0.2) is 0 Å². The molecule has 0 aromatic carbocycles. The van der Waals surface area contributed by atoms with E-state index in [1.807, 2.05) is 0 Å². The van der Waals surface area contributed by atoms with Crippen LogP contribution < -0.4 is 5.32 Å². The molecule has 0 radical (unpaired) electrons. The molecule has 2 aromatic rings. The molecule has 2 heterocycles. The van der Waals surface area contributed by atoms with Gasteiger partial charge in [0.2, 0.25) is 5.69 Å². The summed E-state index contributed by atoms with van der Waals surface area (Å²) >= 11 is 1.39. The lowest BCUT2D eigenvalue weighted by Gasteiger charge is -2.17. The summed E-state index contributed by atoms with van der Waals surface area (Å²) in [7, 11) is 1.49. The maximum absolute atomic E-state index is 12.6. The Labute approximate surface area is 148 Å². The number of nitrogens with zero attached hydrogens (tertiary/aromatic N) is 4. The van der Waals surface area contributed by atoms with Crippen LogP contribution in [0.15, 0.2) is 0 Å². The first kappa shape index (κ1) is 17.1. The van der Waals surface area contributed by atoms with E-state index in [2.05, 4.69) is 23.4 Å². The van der Waals surface area contributed by atoms with Crippen LogP contribution in [0.4, 0.5) is 10.7 Å². The number of aromatic nitrogens is 2. The van der Waals surface area contributed by atoms with E-state index in [4.69, 9.17) is 0 Å². The van der Waals surface area contributed by atoms with Gasteiger partial charge < -0.3 is 5.32 Å². The van der Waals surface area contributed by atoms with E-state index in [-0.39, 0.29) is 17.1 Å². The summed E-state index contributed by atoms with van der Waals surface area (Å²) in [6.07, 6.45) is 2.71. The average molecular weight is 359 g/mol. The second-order valence-corrected chi connectivity index (χ2v) is 7.39. The molecule has 0 spiro atoms. The Morgan fingerprint density at radius 2 is 2.28 bits per heavy atom. The normalized spacial score (nSPS) is 16.2. The van der Waals surface area contributed by atoms with Crippen LogP contribution >= 0.6 is 11.3 Å². The second kappa shape index (κ2) is 6.29. The highest BCUT2D eigenvalue weighted by Crippen LogP contribution is 2.39. The summed E-state index contributed by atoms with van der Waals surface area (Å²) < 4.78 is 1.20. The average Bonchev–Trinajstić information content (AvgIpc) is 3.02. The molecule has 3 rings (SSSR count). The molecular weight excluding hydrogens is 342 g/mol. The highest BCUT2D eigenvalue weighted by Gasteiger charge is 2.31. The second-order valence-electron chi connectivity index (χ2n) is 6.29. The summed E-state index contributed by atoms with van der Waals surface area (Å²) in [6, 6.07) is 2.17. The van der Waals surface area contributed by atoms with Gasteiger partial charge in [0.05, 0.1) is 10.5 Å². The number of nitrogens with one attached hydrogen (secondary N) is 1. The summed E-state index contributed by atoms with van der Waals surface area (Å²) in [5, 5.41) is 27.9. The van der Waals surface area contributed by atoms with Crippen LogP contribution in [0.1, 0.15) is 45.5 Å². The first-order valence-electron chi connectivity index (χ1n) is 7.87. The van der Waals surface area contributed by atoms with Crippen molar-refractivity contribution in [2.45, 2.75) is 33.1 Å². The molecule has 0 bridgehead atoms. The lowest BCUT2D eigenvalue weighted by Crippen LogP contribution is -2.17. The van der Waals surface area contributed by atoms with Crippen molar-refractivity contribution in [1.29, 1.82) is 5.26 Å². The van der Waals surface area contributed by atoms with Gasteiger partial charge in [0.1, 0.15) is 16.8 Å². The van der Waals surface area contributed by atoms with Gasteiger partial charge in [0.15, 0.2) is 0 Å². The molecular formula is C16H17N5O3S. The van der Waals surface area contributed by atoms with E-state index in [0.29, 0.717) is 16.5 Å². The topological polar surface area (TPSA) is 114 Å². The summed E-state index contributed by atoms with van der Waals surface area (Å²) in [6.45, 7) is 3.65. The van der Waals surface area contributed by atoms with E-state index in [9.17, 15) is 20.2 Å². The predicted octanol–water partition coefficient (Wildman–Crippen LogP) is 2.95. The maximum atomic E-state index is 12.6. The Bertz CT molecular complexity index is 921. The Morgan fingerprint density at radius 3 is 2.92 bits per heavy atom. The molecule has 0 unspecified atom stereocenters. The Balaban J connectivity index is 1.98. The molecule has 2 aromatic heterocycles. The molecule has 1 amide bonds. The van der Waals surface area contributed by atoms with Crippen LogP contribution in [0.2, 0.25) is 0 Å². The number of hydrogen-bond acceptors (Lipinski definition) is 6. The van der Waals surface area contributed by atoms with Crippen LogP contribution in [-0.4, -0.2) is 20.6 Å². The molecule has 130 valence electrons. The smallest absolute Gasteiger partial charge is 0.311 e. The van der Waals surface area contributed by atoms with Crippen molar-refractivity contribution < 1.29 is 9.72 Å². The minimum absolute atomic E-state index is 0.119. The van der Waals surface area contributed by atoms with E-state index in [1.54, 1.807) is 0 Å². The number of anilines is 1. The van der Waals surface area contributed by atoms with Crippen molar-refractivity contribution in [3.63, 3.8) is 0 Å². The van der Waals surface area contributed by atoms with Crippen molar-refractivity contribution in [2.24, 2.45) is 13.0 Å². The lowest BCUT2D eigenvalue weighted by atomic mass is 9.88. The Kier molecular flexibility index (Phi) is 4.30. The fourth-order valence-electron chi connectivity index (χ4n) is 3.24. The minimum atomic E-state index is -0.627. The Morgan fingerprint density at radius 1 is 1.56 bits per heavy atom. The van der Waals surface area contributed by atoms with Gasteiger partial charge >= 0.3 is 5.69 Å². The van der Waals surface area contributed by atoms with Crippen molar-refractivity contribution in [2.75, 3.05) is 5.32 Å². The van der Waals surface area contributed by atoms with E-state index < -0.39 is 10.8 Å². The molecule has 0 saturated heterocycles. The van der Waals surface area contributed by atoms with Gasteiger partial charge in [0, 0.05) is 11.9 Å². The van der Waals surface area contributed by atoms with Crippen LogP contribution in [0.5, 0.6) is 0 Å². The van der Waals surface area contributed by atoms with E-state index in [0.717, 1.165) is 29.7 Å². The molecule has 8 nitrogen and oxygen atoms in total. The van der Waals surface area contributed by atoms with Gasteiger partial charge in [-0.15, -0.1) is 11.3 Å². The third-order valence-electron chi connectivity index (χ3n) is 4.44. The quantitative estimate of drug-likeness (QED) is 0.668. The largest absolute Gasteiger partial charge is 0.322 e. The molecule has 0 aliphatic heterocycles. The van der Waals surface area contributed by atoms with Gasteiger partial charge in [0.25, 0.3) is 5.91 Å². The number of carbonyl (C=O) groups is 1. The van der Waals surface area contributed by atoms with Crippen LogP contribution in [0.25, 0.3) is 0 Å². The first-order chi connectivity index (χ1) is 11.8. The van der Waals surface area contributed by atoms with Gasteiger partial charge in [-0.2, -0.15) is 10.4 Å². The zero-order chi connectivity index (χ0) is 18.3. The zero-order valence-corrected chi connectivity index (χ0v) is 14.9. The fraction of sp³-hybridized carbons (Fsp3) is 0.438. The summed E-state index contributed by atoms with van der Waals surface area (Å²) in [5.74, 6) is -0.0833. The first-order valence-corrected chi connectivity index (χ1v) is 8.69. The molecule has 1 atom stereocenters. The minimum Gasteiger partial charge on any atom is -0.311 e. The fourth-order valence-corrected chi connectivity index (χ4v) is 4.60. The number of nitriles is 1. The van der Waals surface area contributed by atoms with Crippen LogP contribution in [0, 0.1) is 34.3 Å². The number of carbonyl (C=O) groups excluding carboxylic acids is 1. The third kappa shape index (κ3) is 2.89. The van der Waals surface area contributed by atoms with Crippen molar-refractivity contribution in [3.05, 3.63) is 37.5 Å². The van der Waals surface area contributed by atoms with E-state index >= 15 is 0 Å². The predicted molar refractivity (Wildman–Crippen MR) is 92.8 cm³/mol. The van der Waals surface area contributed by atoms with Crippen molar-refractivity contribution >= 4 is 27.9 Å². The molecule has 0 saturated carbocycles. The number of aryl methyl sites for hydroxylation is 2. The van der Waals surface area contributed by atoms with E-state index in [1.165, 1.54) is 30.0 Å². The summed E-state index contributed by atoms with van der Waals surface area (Å²) in [4.78, 5) is 24.4. The lowest BCUT2D eigenvalue weighted by molar-refractivity contribution is -0.385. The number of thiophene rings is 1. The summed E-state index contributed by atoms with van der Waals surface area (Å²) in [5.41, 5.74) is 1.22. The third-order valence-corrected chi connectivity index (χ3v) is 5.61. The molecule has 9 heteroatoms. The maximum Gasteiger partial charge on any atom is 0.322 e. The zero-order valence-electron chi connectivity index (χ0n) is 14.1. The number of rotatable bonds is 3. The number of nitro groups is 1. The number of amides is 1. The molecule has 1 aliphatic rings. The van der Waals surface area contributed by atoms with Gasteiger partial charge in [-0.3, -0.25) is 19.6 Å².